The summed E-state index contributed by atoms with van der Waals surface area (Å²) in [6.07, 6.45) is -1.07. The summed E-state index contributed by atoms with van der Waals surface area (Å²) in [6, 6.07) is 2.97. The van der Waals surface area contributed by atoms with Gasteiger partial charge >= 0.3 is 5.97 Å². The number of hydrogen-bond donors (Lipinski definition) is 1. The number of aliphatic carboxylic acids is 1. The lowest BCUT2D eigenvalue weighted by Gasteiger charge is -2.27. The third-order valence-electron chi connectivity index (χ3n) is 2.88. The summed E-state index contributed by atoms with van der Waals surface area (Å²) in [5.74, 6) is -0.929. The van der Waals surface area contributed by atoms with Gasteiger partial charge in [0.2, 0.25) is 0 Å². The fourth-order valence-electron chi connectivity index (χ4n) is 1.90. The van der Waals surface area contributed by atoms with E-state index in [1.807, 2.05) is 0 Å². The molecule has 1 heterocycles. The molecule has 2 rings (SSSR count). The number of hydrogen-bond acceptors (Lipinski definition) is 2. The van der Waals surface area contributed by atoms with Crippen molar-refractivity contribution in [2.45, 2.75) is 25.6 Å². The van der Waals surface area contributed by atoms with Gasteiger partial charge in [0.25, 0.3) is 0 Å². The van der Waals surface area contributed by atoms with Gasteiger partial charge in [0.15, 0.2) is 6.10 Å². The number of ether oxygens (including phenoxy) is 1. The van der Waals surface area contributed by atoms with E-state index in [1.54, 1.807) is 6.92 Å². The van der Waals surface area contributed by atoms with Gasteiger partial charge in [-0.25, -0.2) is 9.18 Å². The Morgan fingerprint density at radius 1 is 1.43 bits per heavy atom. The highest BCUT2D eigenvalue weighted by Gasteiger charge is 2.34. The van der Waals surface area contributed by atoms with Crippen molar-refractivity contribution in [2.75, 3.05) is 7.18 Å². The molecule has 0 saturated carbocycles. The molecular weight excluding hydrogens is 325 g/mol. The van der Waals surface area contributed by atoms with Gasteiger partial charge in [0, 0.05) is 10.6 Å². The van der Waals surface area contributed by atoms with Gasteiger partial charge in [-0.15, -0.1) is 0 Å². The van der Waals surface area contributed by atoms with Crippen molar-refractivity contribution in [3.8, 4) is 5.75 Å². The molecule has 0 spiro atoms. The van der Waals surface area contributed by atoms with Crippen LogP contribution < -0.4 is 4.74 Å². The highest BCUT2D eigenvalue weighted by Crippen LogP contribution is 2.38. The van der Waals surface area contributed by atoms with E-state index < -0.39 is 18.2 Å². The Bertz CT molecular complexity index is 561. The van der Waals surface area contributed by atoms with E-state index >= 15 is 0 Å². The van der Waals surface area contributed by atoms with Crippen molar-refractivity contribution in [2.24, 2.45) is 0 Å². The fraction of sp³-hybridized carbons (Fsp3) is 0.357. The maximum absolute atomic E-state index is 13.8. The van der Waals surface area contributed by atoms with E-state index in [-0.39, 0.29) is 17.0 Å². The average Bonchev–Trinajstić information content (AvgIpc) is 2.47. The predicted molar refractivity (Wildman–Crippen MR) is 78.7 cm³/mol. The quantitative estimate of drug-likeness (QED) is 0.878. The van der Waals surface area contributed by atoms with Crippen LogP contribution in [0.3, 0.4) is 0 Å². The second kappa shape index (κ2) is 7.61. The summed E-state index contributed by atoms with van der Waals surface area (Å²) in [4.78, 5) is 11.2. The van der Waals surface area contributed by atoms with Crippen molar-refractivity contribution in [1.82, 2.24) is 0 Å². The first-order valence-electron chi connectivity index (χ1n) is 6.06. The first-order chi connectivity index (χ1) is 9.93. The van der Waals surface area contributed by atoms with Crippen molar-refractivity contribution >= 4 is 35.2 Å². The molecule has 7 heteroatoms. The third kappa shape index (κ3) is 3.86. The van der Waals surface area contributed by atoms with Gasteiger partial charge in [-0.05, 0) is 24.6 Å². The van der Waals surface area contributed by atoms with Gasteiger partial charge in [0.1, 0.15) is 11.9 Å². The van der Waals surface area contributed by atoms with E-state index in [2.05, 4.69) is 0 Å². The zero-order valence-electron chi connectivity index (χ0n) is 11.4. The van der Waals surface area contributed by atoms with E-state index in [0.717, 1.165) is 0 Å². The molecule has 1 N–H and O–H groups in total. The standard InChI is InChI=1S/C13H11Cl2FO3.CH3F/c1-2-10(16)12-8(13(17)18)5-7-9(15)3-6(14)4-11(7)19-12;1-2/h3-5,10,12H,2H2,1H3,(H,17,18);1H3. The van der Waals surface area contributed by atoms with Crippen molar-refractivity contribution in [3.05, 3.63) is 33.3 Å². The molecule has 0 saturated heterocycles. The summed E-state index contributed by atoms with van der Waals surface area (Å²) in [5.41, 5.74) is 0.258. The van der Waals surface area contributed by atoms with Crippen LogP contribution in [0.1, 0.15) is 18.9 Å². The molecule has 0 amide bonds. The number of benzene rings is 1. The number of carboxylic acids is 1. The molecule has 0 bridgehead atoms. The van der Waals surface area contributed by atoms with E-state index in [1.165, 1.54) is 18.2 Å². The van der Waals surface area contributed by atoms with Gasteiger partial charge in [-0.2, -0.15) is 0 Å². The zero-order valence-corrected chi connectivity index (χ0v) is 12.9. The summed E-state index contributed by atoms with van der Waals surface area (Å²) in [5, 5.41) is 9.76. The smallest absolute Gasteiger partial charge is 0.335 e. The molecule has 3 nitrogen and oxygen atoms in total. The molecule has 1 aliphatic heterocycles. The molecule has 1 aromatic rings. The van der Waals surface area contributed by atoms with Crippen LogP contribution in [0.5, 0.6) is 5.75 Å². The van der Waals surface area contributed by atoms with Crippen LogP contribution in [0.15, 0.2) is 17.7 Å². The monoisotopic (exact) mass is 338 g/mol. The molecular formula is C14H14Cl2F2O3. The maximum atomic E-state index is 13.8. The normalized spacial score (nSPS) is 17.6. The second-order valence-corrected chi connectivity index (χ2v) is 5.01. The number of carbonyl (C=O) groups is 1. The van der Waals surface area contributed by atoms with Crippen LogP contribution >= 0.6 is 23.2 Å². The van der Waals surface area contributed by atoms with Crippen LogP contribution in [0.2, 0.25) is 10.0 Å². The van der Waals surface area contributed by atoms with Crippen LogP contribution in [0.4, 0.5) is 8.78 Å². The number of halogens is 4. The second-order valence-electron chi connectivity index (χ2n) is 4.17. The highest BCUT2D eigenvalue weighted by atomic mass is 35.5. The molecule has 0 aliphatic carbocycles. The number of rotatable bonds is 3. The Morgan fingerprint density at radius 2 is 2.05 bits per heavy atom. The number of fused-ring (bicyclic) bond motifs is 1. The Kier molecular flexibility index (Phi) is 6.42. The van der Waals surface area contributed by atoms with Gasteiger partial charge in [0.05, 0.1) is 17.8 Å². The fourth-order valence-corrected chi connectivity index (χ4v) is 2.43. The van der Waals surface area contributed by atoms with Crippen LogP contribution in [0, 0.1) is 0 Å². The maximum Gasteiger partial charge on any atom is 0.335 e. The summed E-state index contributed by atoms with van der Waals surface area (Å²) in [6.45, 7) is 1.62. The minimum atomic E-state index is -1.41. The number of alkyl halides is 2. The lowest BCUT2D eigenvalue weighted by Crippen LogP contribution is -2.35. The van der Waals surface area contributed by atoms with Gasteiger partial charge in [-0.3, -0.25) is 4.39 Å². The molecule has 21 heavy (non-hydrogen) atoms. The highest BCUT2D eigenvalue weighted by molar-refractivity contribution is 6.36. The van der Waals surface area contributed by atoms with E-state index in [9.17, 15) is 13.6 Å². The lowest BCUT2D eigenvalue weighted by molar-refractivity contribution is -0.134. The van der Waals surface area contributed by atoms with E-state index in [4.69, 9.17) is 33.0 Å². The minimum absolute atomic E-state index is 0.147. The molecule has 0 aromatic heterocycles. The Labute approximate surface area is 131 Å². The molecule has 116 valence electrons. The third-order valence-corrected chi connectivity index (χ3v) is 3.41. The molecule has 2 unspecified atom stereocenters. The minimum Gasteiger partial charge on any atom is -0.482 e. The average molecular weight is 339 g/mol. The molecule has 1 aromatic carbocycles. The van der Waals surface area contributed by atoms with Gasteiger partial charge < -0.3 is 9.84 Å². The lowest BCUT2D eigenvalue weighted by atomic mass is 9.97. The first-order valence-corrected chi connectivity index (χ1v) is 6.82. The molecule has 2 atom stereocenters. The van der Waals surface area contributed by atoms with Crippen LogP contribution in [0.25, 0.3) is 6.08 Å². The van der Waals surface area contributed by atoms with Crippen LogP contribution in [-0.4, -0.2) is 30.5 Å². The predicted octanol–water partition coefficient (Wildman–Crippen LogP) is 4.56. The van der Waals surface area contributed by atoms with E-state index in [0.29, 0.717) is 23.5 Å². The Hall–Kier alpha value is -1.33. The Balaban J connectivity index is 0.00000106. The summed E-state index contributed by atoms with van der Waals surface area (Å²) in [7, 11) is 0.500. The topological polar surface area (TPSA) is 46.5 Å². The molecule has 1 aliphatic rings. The summed E-state index contributed by atoms with van der Waals surface area (Å²) >= 11 is 11.8. The van der Waals surface area contributed by atoms with Gasteiger partial charge in [-0.1, -0.05) is 30.1 Å². The zero-order chi connectivity index (χ0) is 16.2. The molecule has 0 radical (unpaired) electrons. The van der Waals surface area contributed by atoms with Crippen molar-refractivity contribution in [1.29, 1.82) is 0 Å². The Morgan fingerprint density at radius 3 is 2.57 bits per heavy atom. The number of carboxylic acid groups (broad SMARTS) is 1. The van der Waals surface area contributed by atoms with Crippen LogP contribution in [-0.2, 0) is 4.79 Å². The van der Waals surface area contributed by atoms with Crippen molar-refractivity contribution in [3.63, 3.8) is 0 Å². The SMILES string of the molecule is CCC(F)C1Oc2cc(Cl)cc(Cl)c2C=C1C(=O)O.CF. The summed E-state index contributed by atoms with van der Waals surface area (Å²) < 4.78 is 28.8. The largest absolute Gasteiger partial charge is 0.482 e. The molecule has 0 fully saturated rings. The first kappa shape index (κ1) is 17.7. The van der Waals surface area contributed by atoms with Crippen molar-refractivity contribution < 1.29 is 23.4 Å².